The Balaban J connectivity index is 1.49. The fourth-order valence-corrected chi connectivity index (χ4v) is 5.82. The van der Waals surface area contributed by atoms with E-state index in [2.05, 4.69) is 36.4 Å². The Morgan fingerprint density at radius 3 is 1.95 bits per heavy atom. The fraction of sp³-hybridized carbons (Fsp3) is 0. The van der Waals surface area contributed by atoms with Gasteiger partial charge < -0.3 is 4.42 Å². The summed E-state index contributed by atoms with van der Waals surface area (Å²) >= 11 is 7.25. The van der Waals surface area contributed by atoms with Gasteiger partial charge in [0.15, 0.2) is 17.5 Å². The number of hydrogen-bond donors (Lipinski definition) is 0. The molecule has 0 N–H and O–H groups in total. The maximum atomic E-state index is 7.25. The van der Waals surface area contributed by atoms with E-state index in [1.165, 1.54) is 0 Å². The van der Waals surface area contributed by atoms with E-state index in [-0.39, 0.29) is 0 Å². The summed E-state index contributed by atoms with van der Waals surface area (Å²) < 4.78 is 6.43. The Bertz CT molecular complexity index is 2240. The van der Waals surface area contributed by atoms with Crippen LogP contribution in [0.4, 0.5) is 0 Å². The zero-order valence-corrected chi connectivity index (χ0v) is 21.9. The Hall–Kier alpha value is -5.06. The minimum atomic E-state index is 0.504. The SMILES string of the molecule is Clc1c(-c2nc(-c3ccccc3)nc(-c3ccc4ccccc4c3)n2)c2c3ccccc3oc2c2ccccc12. The van der Waals surface area contributed by atoms with Crippen LogP contribution < -0.4 is 0 Å². The van der Waals surface area contributed by atoms with Gasteiger partial charge >= 0.3 is 0 Å². The van der Waals surface area contributed by atoms with E-state index in [9.17, 15) is 0 Å². The molecule has 8 rings (SSSR count). The standard InChI is InChI=1S/C35H20ClN3O/c36-31-25-14-6-7-15-26(25)32-29(27-16-8-9-17-28(27)40-32)30(31)35-38-33(22-11-2-1-3-12-22)37-34(39-35)24-19-18-21-10-4-5-13-23(21)20-24/h1-20H. The molecule has 0 fully saturated rings. The summed E-state index contributed by atoms with van der Waals surface area (Å²) in [5.41, 5.74) is 4.11. The molecule has 0 amide bonds. The highest BCUT2D eigenvalue weighted by Crippen LogP contribution is 2.45. The molecule has 0 radical (unpaired) electrons. The first-order chi connectivity index (χ1) is 19.7. The average molecular weight is 534 g/mol. The van der Waals surface area contributed by atoms with Gasteiger partial charge in [0, 0.05) is 32.7 Å². The van der Waals surface area contributed by atoms with Gasteiger partial charge in [-0.25, -0.2) is 15.0 Å². The van der Waals surface area contributed by atoms with Crippen molar-refractivity contribution in [2.75, 3.05) is 0 Å². The van der Waals surface area contributed by atoms with Crippen molar-refractivity contribution < 1.29 is 4.42 Å². The minimum Gasteiger partial charge on any atom is -0.455 e. The van der Waals surface area contributed by atoms with Gasteiger partial charge in [-0.1, -0.05) is 121 Å². The largest absolute Gasteiger partial charge is 0.455 e. The molecule has 4 nitrogen and oxygen atoms in total. The van der Waals surface area contributed by atoms with Crippen LogP contribution >= 0.6 is 11.6 Å². The molecule has 5 heteroatoms. The van der Waals surface area contributed by atoms with Crippen LogP contribution in [0.15, 0.2) is 126 Å². The van der Waals surface area contributed by atoms with Gasteiger partial charge in [0.25, 0.3) is 0 Å². The summed E-state index contributed by atoms with van der Waals surface area (Å²) in [7, 11) is 0. The number of halogens is 1. The number of furan rings is 1. The molecule has 0 atom stereocenters. The van der Waals surface area contributed by atoms with Gasteiger partial charge in [-0.2, -0.15) is 0 Å². The van der Waals surface area contributed by atoms with Crippen molar-refractivity contribution in [2.45, 2.75) is 0 Å². The smallest absolute Gasteiger partial charge is 0.166 e. The highest BCUT2D eigenvalue weighted by atomic mass is 35.5. The number of benzene rings is 6. The van der Waals surface area contributed by atoms with Crippen molar-refractivity contribution in [2.24, 2.45) is 0 Å². The first-order valence-corrected chi connectivity index (χ1v) is 13.4. The lowest BCUT2D eigenvalue weighted by molar-refractivity contribution is 0.672. The molecule has 2 aromatic heterocycles. The van der Waals surface area contributed by atoms with Crippen molar-refractivity contribution >= 4 is 55.1 Å². The van der Waals surface area contributed by atoms with Crippen LogP contribution in [0.2, 0.25) is 5.02 Å². The molecule has 8 aromatic rings. The van der Waals surface area contributed by atoms with E-state index in [1.807, 2.05) is 84.9 Å². The van der Waals surface area contributed by atoms with E-state index < -0.39 is 0 Å². The van der Waals surface area contributed by atoms with Crippen molar-refractivity contribution in [3.8, 4) is 34.2 Å². The average Bonchev–Trinajstić information content (AvgIpc) is 3.41. The van der Waals surface area contributed by atoms with Crippen LogP contribution in [-0.4, -0.2) is 15.0 Å². The lowest BCUT2D eigenvalue weighted by atomic mass is 9.99. The van der Waals surface area contributed by atoms with Crippen LogP contribution in [0.3, 0.4) is 0 Å². The maximum Gasteiger partial charge on any atom is 0.166 e. The monoisotopic (exact) mass is 533 g/mol. The molecule has 0 aliphatic rings. The summed E-state index contributed by atoms with van der Waals surface area (Å²) in [5.74, 6) is 1.67. The van der Waals surface area contributed by atoms with Crippen molar-refractivity contribution in [1.29, 1.82) is 0 Å². The van der Waals surface area contributed by atoms with Gasteiger partial charge in [0.2, 0.25) is 0 Å². The van der Waals surface area contributed by atoms with E-state index in [1.54, 1.807) is 0 Å². The third-order valence-electron chi connectivity index (χ3n) is 7.37. The molecule has 0 aliphatic carbocycles. The van der Waals surface area contributed by atoms with Crippen LogP contribution in [0.5, 0.6) is 0 Å². The Kier molecular flexibility index (Phi) is 5.15. The number of aromatic nitrogens is 3. The van der Waals surface area contributed by atoms with E-state index >= 15 is 0 Å². The summed E-state index contributed by atoms with van der Waals surface area (Å²) in [4.78, 5) is 15.0. The topological polar surface area (TPSA) is 51.8 Å². The van der Waals surface area contributed by atoms with Crippen molar-refractivity contribution in [1.82, 2.24) is 15.0 Å². The lowest BCUT2D eigenvalue weighted by Crippen LogP contribution is -2.01. The van der Waals surface area contributed by atoms with Crippen molar-refractivity contribution in [3.05, 3.63) is 126 Å². The molecule has 188 valence electrons. The number of nitrogens with zero attached hydrogens (tertiary/aromatic N) is 3. The first kappa shape index (κ1) is 22.9. The van der Waals surface area contributed by atoms with Gasteiger partial charge in [-0.3, -0.25) is 0 Å². The summed E-state index contributed by atoms with van der Waals surface area (Å²) in [5, 5.41) is 6.57. The Labute approximate surface area is 234 Å². The first-order valence-electron chi connectivity index (χ1n) is 13.1. The lowest BCUT2D eigenvalue weighted by Gasteiger charge is -2.12. The Morgan fingerprint density at radius 2 is 1.12 bits per heavy atom. The quantitative estimate of drug-likeness (QED) is 0.227. The highest BCUT2D eigenvalue weighted by Gasteiger charge is 2.23. The van der Waals surface area contributed by atoms with E-state index in [0.717, 1.165) is 60.2 Å². The number of fused-ring (bicyclic) bond motifs is 6. The van der Waals surface area contributed by atoms with Gasteiger partial charge in [-0.05, 0) is 22.9 Å². The molecule has 0 saturated heterocycles. The van der Waals surface area contributed by atoms with E-state index in [4.69, 9.17) is 31.0 Å². The number of rotatable bonds is 3. The zero-order chi connectivity index (χ0) is 26.6. The molecule has 0 aliphatic heterocycles. The summed E-state index contributed by atoms with van der Waals surface area (Å²) in [6.45, 7) is 0. The molecule has 40 heavy (non-hydrogen) atoms. The molecular weight excluding hydrogens is 514 g/mol. The van der Waals surface area contributed by atoms with Crippen LogP contribution in [0.25, 0.3) is 77.6 Å². The third kappa shape index (κ3) is 3.58. The second-order valence-corrected chi connectivity index (χ2v) is 10.1. The van der Waals surface area contributed by atoms with Gasteiger partial charge in [0.1, 0.15) is 11.2 Å². The normalized spacial score (nSPS) is 11.6. The van der Waals surface area contributed by atoms with Gasteiger partial charge in [0.05, 0.1) is 10.6 Å². The van der Waals surface area contributed by atoms with Crippen LogP contribution in [0, 0.1) is 0 Å². The number of hydrogen-bond acceptors (Lipinski definition) is 4. The second kappa shape index (κ2) is 9.01. The summed E-state index contributed by atoms with van der Waals surface area (Å²) in [6, 6.07) is 40.6. The molecule has 2 heterocycles. The zero-order valence-electron chi connectivity index (χ0n) is 21.2. The molecule has 0 bridgehead atoms. The predicted octanol–water partition coefficient (Wildman–Crippen LogP) is 9.73. The predicted molar refractivity (Wildman–Crippen MR) is 163 cm³/mol. The Morgan fingerprint density at radius 1 is 0.500 bits per heavy atom. The highest BCUT2D eigenvalue weighted by molar-refractivity contribution is 6.42. The summed E-state index contributed by atoms with van der Waals surface area (Å²) in [6.07, 6.45) is 0. The fourth-order valence-electron chi connectivity index (χ4n) is 5.47. The third-order valence-corrected chi connectivity index (χ3v) is 7.76. The maximum absolute atomic E-state index is 7.25. The van der Waals surface area contributed by atoms with E-state index in [0.29, 0.717) is 22.5 Å². The molecule has 0 spiro atoms. The molecule has 0 unspecified atom stereocenters. The molecule has 6 aromatic carbocycles. The number of para-hydroxylation sites is 1. The second-order valence-electron chi connectivity index (χ2n) is 9.77. The van der Waals surface area contributed by atoms with Gasteiger partial charge in [-0.15, -0.1) is 0 Å². The van der Waals surface area contributed by atoms with Crippen LogP contribution in [-0.2, 0) is 0 Å². The molecule has 0 saturated carbocycles. The van der Waals surface area contributed by atoms with Crippen molar-refractivity contribution in [3.63, 3.8) is 0 Å². The molecular formula is C35H20ClN3O. The van der Waals surface area contributed by atoms with Crippen LogP contribution in [0.1, 0.15) is 0 Å². The minimum absolute atomic E-state index is 0.504.